The number of nitrogens with two attached hydrogens (primary N) is 1. The van der Waals surface area contributed by atoms with Crippen LogP contribution in [-0.4, -0.2) is 80.4 Å². The van der Waals surface area contributed by atoms with Gasteiger partial charge in [-0.3, -0.25) is 9.69 Å². The Balaban J connectivity index is 1.29. The molecule has 2 aliphatic rings. The average molecular weight is 647 g/mol. The Kier molecular flexibility index (Phi) is 8.85. The minimum atomic E-state index is -1.19. The molecule has 0 unspecified atom stereocenters. The number of nitrogen functional groups attached to an aromatic ring is 1. The lowest BCUT2D eigenvalue weighted by atomic mass is 9.97. The number of hydrogen-bond donors (Lipinski definition) is 1. The molecular formula is C33H33F3N8O3. The van der Waals surface area contributed by atoms with Crippen LogP contribution in [0.3, 0.4) is 0 Å². The molecule has 2 saturated heterocycles. The first-order chi connectivity index (χ1) is 22.6. The Morgan fingerprint density at radius 3 is 2.66 bits per heavy atom. The summed E-state index contributed by atoms with van der Waals surface area (Å²) in [6.45, 7) is 7.22. The molecule has 4 aromatic rings. The topological polar surface area (TPSA) is 135 Å². The molecule has 2 aromatic heterocycles. The van der Waals surface area contributed by atoms with Gasteiger partial charge in [0.05, 0.1) is 24.6 Å². The number of rotatable bonds is 7. The maximum atomic E-state index is 15.6. The third kappa shape index (κ3) is 6.36. The third-order valence-electron chi connectivity index (χ3n) is 8.56. The van der Waals surface area contributed by atoms with Crippen molar-refractivity contribution in [3.8, 4) is 28.8 Å². The van der Waals surface area contributed by atoms with Crippen molar-refractivity contribution in [1.82, 2.24) is 29.5 Å². The SMILES string of the molecule is CC(C)(/C=C(/C#N)C(=O)N1CCC[C@H](n2nc(-c3ccc(Oc4cccc(F)c4F)cc3F)c3c(N)ncnc32)C1)N1CCOCC1. The van der Waals surface area contributed by atoms with Crippen molar-refractivity contribution < 1.29 is 27.4 Å². The zero-order valence-electron chi connectivity index (χ0n) is 25.9. The molecule has 2 fully saturated rings. The Hall–Kier alpha value is -5.00. The van der Waals surface area contributed by atoms with Crippen LogP contribution in [0.1, 0.15) is 32.7 Å². The predicted octanol–water partition coefficient (Wildman–Crippen LogP) is 5.01. The van der Waals surface area contributed by atoms with E-state index in [0.29, 0.717) is 56.7 Å². The van der Waals surface area contributed by atoms with Crippen molar-refractivity contribution >= 4 is 22.8 Å². The number of nitrogens with zero attached hydrogens (tertiary/aromatic N) is 7. The first-order valence-electron chi connectivity index (χ1n) is 15.2. The van der Waals surface area contributed by atoms with Crippen LogP contribution < -0.4 is 10.5 Å². The smallest absolute Gasteiger partial charge is 0.264 e. The number of hydrogen-bond acceptors (Lipinski definition) is 9. The van der Waals surface area contributed by atoms with Gasteiger partial charge in [-0.05, 0) is 57.0 Å². The maximum absolute atomic E-state index is 15.6. The summed E-state index contributed by atoms with van der Waals surface area (Å²) < 4.78 is 55.9. The van der Waals surface area contributed by atoms with Gasteiger partial charge in [-0.15, -0.1) is 0 Å². The van der Waals surface area contributed by atoms with Gasteiger partial charge in [0.25, 0.3) is 5.91 Å². The Bertz CT molecular complexity index is 1900. The summed E-state index contributed by atoms with van der Waals surface area (Å²) in [5, 5.41) is 15.0. The normalized spacial score (nSPS) is 17.9. The summed E-state index contributed by atoms with van der Waals surface area (Å²) in [4.78, 5) is 26.0. The second-order valence-corrected chi connectivity index (χ2v) is 12.0. The number of carbonyl (C=O) groups is 1. The minimum Gasteiger partial charge on any atom is -0.454 e. The van der Waals surface area contributed by atoms with Crippen molar-refractivity contribution in [2.24, 2.45) is 0 Å². The van der Waals surface area contributed by atoms with Crippen molar-refractivity contribution in [2.45, 2.75) is 38.3 Å². The molecule has 11 nitrogen and oxygen atoms in total. The molecular weight excluding hydrogens is 613 g/mol. The largest absolute Gasteiger partial charge is 0.454 e. The summed E-state index contributed by atoms with van der Waals surface area (Å²) in [7, 11) is 0. The number of ether oxygens (including phenoxy) is 2. The standard InChI is InChI=1S/C33H33F3N8O3/c1-33(2,43-11-13-46-14-12-43)16-20(17-37)32(45)42-10-4-5-21(18-42)44-31-27(30(38)39-19-40-31)29(41-44)23-9-8-22(15-25(23)35)47-26-7-3-6-24(34)28(26)36/h3,6-9,15-16,19,21H,4-5,10-14,18H2,1-2H3,(H2,38,39,40)/b20-16-/t21-/m0/s1. The monoisotopic (exact) mass is 646 g/mol. The van der Waals surface area contributed by atoms with E-state index in [1.807, 2.05) is 13.8 Å². The molecule has 2 aromatic carbocycles. The molecule has 47 heavy (non-hydrogen) atoms. The van der Waals surface area contributed by atoms with E-state index in [9.17, 15) is 18.8 Å². The second kappa shape index (κ2) is 13.0. The van der Waals surface area contributed by atoms with Gasteiger partial charge in [-0.25, -0.2) is 23.4 Å². The van der Waals surface area contributed by atoms with E-state index in [2.05, 4.69) is 20.9 Å². The number of carbonyl (C=O) groups excluding carboxylic acids is 1. The molecule has 0 radical (unpaired) electrons. The van der Waals surface area contributed by atoms with Crippen LogP contribution >= 0.6 is 0 Å². The number of halogens is 3. The number of morpholine rings is 1. The number of piperidine rings is 1. The number of amides is 1. The van der Waals surface area contributed by atoms with Crippen molar-refractivity contribution in [2.75, 3.05) is 45.1 Å². The number of fused-ring (bicyclic) bond motifs is 1. The van der Waals surface area contributed by atoms with Crippen LogP contribution in [-0.2, 0) is 9.53 Å². The fraction of sp³-hybridized carbons (Fsp3) is 0.364. The molecule has 4 heterocycles. The van der Waals surface area contributed by atoms with E-state index in [1.165, 1.54) is 30.6 Å². The summed E-state index contributed by atoms with van der Waals surface area (Å²) in [5.74, 6) is -3.76. The van der Waals surface area contributed by atoms with Crippen LogP contribution in [0.5, 0.6) is 11.5 Å². The van der Waals surface area contributed by atoms with E-state index < -0.39 is 23.0 Å². The molecule has 6 rings (SSSR count). The molecule has 2 N–H and O–H groups in total. The number of benzene rings is 2. The molecule has 2 aliphatic heterocycles. The molecule has 0 spiro atoms. The lowest BCUT2D eigenvalue weighted by Crippen LogP contribution is -2.49. The van der Waals surface area contributed by atoms with Gasteiger partial charge in [0, 0.05) is 43.3 Å². The zero-order chi connectivity index (χ0) is 33.3. The zero-order valence-corrected chi connectivity index (χ0v) is 25.9. The lowest BCUT2D eigenvalue weighted by Gasteiger charge is -2.39. The van der Waals surface area contributed by atoms with Crippen LogP contribution in [0.25, 0.3) is 22.3 Å². The molecule has 1 amide bonds. The highest BCUT2D eigenvalue weighted by atomic mass is 19.2. The van der Waals surface area contributed by atoms with Crippen LogP contribution in [0.4, 0.5) is 19.0 Å². The van der Waals surface area contributed by atoms with Crippen molar-refractivity contribution in [3.63, 3.8) is 0 Å². The average Bonchev–Trinajstić information content (AvgIpc) is 3.47. The highest BCUT2D eigenvalue weighted by Crippen LogP contribution is 2.37. The van der Waals surface area contributed by atoms with Gasteiger partial charge in [-0.2, -0.15) is 14.8 Å². The fourth-order valence-electron chi connectivity index (χ4n) is 6.11. The molecule has 0 bridgehead atoms. The summed E-state index contributed by atoms with van der Waals surface area (Å²) in [5.41, 5.74) is 6.38. The Morgan fingerprint density at radius 2 is 1.91 bits per heavy atom. The first kappa shape index (κ1) is 32.0. The van der Waals surface area contributed by atoms with E-state index in [1.54, 1.807) is 15.7 Å². The minimum absolute atomic E-state index is 0.0525. The molecule has 14 heteroatoms. The summed E-state index contributed by atoms with van der Waals surface area (Å²) in [6, 6.07) is 9.06. The number of anilines is 1. The number of likely N-dealkylation sites (tertiary alicyclic amines) is 1. The highest BCUT2D eigenvalue weighted by molar-refractivity contribution is 5.99. The second-order valence-electron chi connectivity index (χ2n) is 12.0. The Labute approximate surface area is 269 Å². The summed E-state index contributed by atoms with van der Waals surface area (Å²) >= 11 is 0. The number of nitriles is 1. The lowest BCUT2D eigenvalue weighted by molar-refractivity contribution is -0.128. The fourth-order valence-corrected chi connectivity index (χ4v) is 6.11. The van der Waals surface area contributed by atoms with Crippen LogP contribution in [0.2, 0.25) is 0 Å². The van der Waals surface area contributed by atoms with Gasteiger partial charge < -0.3 is 20.1 Å². The molecule has 244 valence electrons. The van der Waals surface area contributed by atoms with E-state index in [0.717, 1.165) is 12.1 Å². The Morgan fingerprint density at radius 1 is 1.13 bits per heavy atom. The van der Waals surface area contributed by atoms with Gasteiger partial charge in [0.2, 0.25) is 5.82 Å². The van der Waals surface area contributed by atoms with Crippen molar-refractivity contribution in [1.29, 1.82) is 5.26 Å². The number of aromatic nitrogens is 4. The van der Waals surface area contributed by atoms with Crippen LogP contribution in [0.15, 0.2) is 54.4 Å². The molecule has 1 atom stereocenters. The predicted molar refractivity (Wildman–Crippen MR) is 167 cm³/mol. The van der Waals surface area contributed by atoms with Gasteiger partial charge in [-0.1, -0.05) is 6.07 Å². The summed E-state index contributed by atoms with van der Waals surface area (Å²) in [6.07, 6.45) is 4.29. The van der Waals surface area contributed by atoms with Crippen molar-refractivity contribution in [3.05, 3.63) is 71.8 Å². The van der Waals surface area contributed by atoms with Gasteiger partial charge in [0.15, 0.2) is 17.2 Å². The quantitative estimate of drug-likeness (QED) is 0.217. The third-order valence-corrected chi connectivity index (χ3v) is 8.56. The first-order valence-corrected chi connectivity index (χ1v) is 15.2. The van der Waals surface area contributed by atoms with E-state index in [-0.39, 0.29) is 52.6 Å². The van der Waals surface area contributed by atoms with E-state index in [4.69, 9.17) is 20.3 Å². The molecule has 0 saturated carbocycles. The highest BCUT2D eigenvalue weighted by Gasteiger charge is 2.33. The van der Waals surface area contributed by atoms with Crippen LogP contribution in [0, 0.1) is 28.8 Å². The molecule has 0 aliphatic carbocycles. The van der Waals surface area contributed by atoms with Gasteiger partial charge >= 0.3 is 0 Å². The van der Waals surface area contributed by atoms with E-state index >= 15 is 4.39 Å². The van der Waals surface area contributed by atoms with Gasteiger partial charge in [0.1, 0.15) is 41.0 Å². The maximum Gasteiger partial charge on any atom is 0.264 e.